The van der Waals surface area contributed by atoms with Crippen LogP contribution in [-0.4, -0.2) is 36.2 Å². The number of rotatable bonds is 4. The van der Waals surface area contributed by atoms with Crippen LogP contribution in [0, 0.1) is 0 Å². The fourth-order valence-electron chi connectivity index (χ4n) is 1.92. The largest absolute Gasteiger partial charge is 0.362 e. The number of thiocarbonyl (C=S) groups is 1. The van der Waals surface area contributed by atoms with Gasteiger partial charge in [0.2, 0.25) is 0 Å². The van der Waals surface area contributed by atoms with Crippen molar-refractivity contribution >= 4 is 17.3 Å². The highest BCUT2D eigenvalue weighted by Gasteiger charge is 2.07. The van der Waals surface area contributed by atoms with Crippen molar-refractivity contribution in [3.63, 3.8) is 0 Å². The maximum absolute atomic E-state index is 5.15. The van der Waals surface area contributed by atoms with Crippen LogP contribution in [0.5, 0.6) is 0 Å². The summed E-state index contributed by atoms with van der Waals surface area (Å²) in [4.78, 5) is 2.55. The van der Waals surface area contributed by atoms with Gasteiger partial charge in [0, 0.05) is 6.54 Å². The topological polar surface area (TPSA) is 53.3 Å². The first kappa shape index (κ1) is 12.7. The molecule has 0 radical (unpaired) electrons. The van der Waals surface area contributed by atoms with E-state index in [0.717, 1.165) is 13.0 Å². The molecule has 4 N–H and O–H groups in total. The SMILES string of the molecule is NNC(=S)NCCCN1CCCCCC1. The van der Waals surface area contributed by atoms with Gasteiger partial charge in [-0.05, 0) is 51.1 Å². The van der Waals surface area contributed by atoms with Gasteiger partial charge >= 0.3 is 0 Å². The Morgan fingerprint density at radius 2 is 1.87 bits per heavy atom. The van der Waals surface area contributed by atoms with Gasteiger partial charge in [-0.1, -0.05) is 12.8 Å². The minimum atomic E-state index is 0.533. The quantitative estimate of drug-likeness (QED) is 0.286. The molecule has 88 valence electrons. The van der Waals surface area contributed by atoms with Gasteiger partial charge in [0.05, 0.1) is 0 Å². The van der Waals surface area contributed by atoms with Gasteiger partial charge in [-0.25, -0.2) is 5.84 Å². The summed E-state index contributed by atoms with van der Waals surface area (Å²) >= 11 is 4.89. The van der Waals surface area contributed by atoms with Crippen LogP contribution in [0.4, 0.5) is 0 Å². The fraction of sp³-hybridized carbons (Fsp3) is 0.900. The van der Waals surface area contributed by atoms with Crippen molar-refractivity contribution in [1.82, 2.24) is 15.6 Å². The molecule has 4 nitrogen and oxygen atoms in total. The second kappa shape index (κ2) is 7.84. The highest BCUT2D eigenvalue weighted by Crippen LogP contribution is 2.09. The molecule has 5 heteroatoms. The van der Waals surface area contributed by atoms with E-state index in [1.165, 1.54) is 45.3 Å². The van der Waals surface area contributed by atoms with Crippen molar-refractivity contribution in [2.24, 2.45) is 5.84 Å². The first-order valence-electron chi connectivity index (χ1n) is 5.80. The molecule has 1 aliphatic rings. The Morgan fingerprint density at radius 3 is 2.47 bits per heavy atom. The number of hydrogen-bond donors (Lipinski definition) is 3. The molecule has 1 aliphatic heterocycles. The average molecular weight is 230 g/mol. The minimum Gasteiger partial charge on any atom is -0.362 e. The van der Waals surface area contributed by atoms with E-state index in [4.69, 9.17) is 18.1 Å². The molecule has 0 aromatic carbocycles. The standard InChI is InChI=1S/C10H22N4S/c11-13-10(15)12-6-5-9-14-7-3-1-2-4-8-14/h1-9,11H2,(H2,12,13,15). The molecule has 15 heavy (non-hydrogen) atoms. The van der Waals surface area contributed by atoms with Crippen molar-refractivity contribution in [3.8, 4) is 0 Å². The molecule has 1 saturated heterocycles. The Kier molecular flexibility index (Phi) is 6.63. The lowest BCUT2D eigenvalue weighted by Crippen LogP contribution is -2.40. The summed E-state index contributed by atoms with van der Waals surface area (Å²) in [6.45, 7) is 4.60. The third-order valence-electron chi connectivity index (χ3n) is 2.77. The first-order valence-corrected chi connectivity index (χ1v) is 6.20. The summed E-state index contributed by atoms with van der Waals surface area (Å²) in [6, 6.07) is 0. The number of hydrogen-bond acceptors (Lipinski definition) is 3. The Labute approximate surface area is 97.5 Å². The second-order valence-corrected chi connectivity index (χ2v) is 4.42. The normalized spacial score (nSPS) is 18.2. The highest BCUT2D eigenvalue weighted by molar-refractivity contribution is 7.80. The van der Waals surface area contributed by atoms with E-state index in [1.54, 1.807) is 0 Å². The molecule has 0 atom stereocenters. The molecular formula is C10H22N4S. The number of likely N-dealkylation sites (tertiary alicyclic amines) is 1. The Hall–Kier alpha value is -0.390. The zero-order chi connectivity index (χ0) is 10.9. The second-order valence-electron chi connectivity index (χ2n) is 4.01. The summed E-state index contributed by atoms with van der Waals surface area (Å²) in [6.07, 6.45) is 6.64. The van der Waals surface area contributed by atoms with Crippen molar-refractivity contribution in [3.05, 3.63) is 0 Å². The van der Waals surface area contributed by atoms with Gasteiger partial charge in [-0.2, -0.15) is 0 Å². The number of nitrogens with two attached hydrogens (primary N) is 1. The first-order chi connectivity index (χ1) is 7.33. The van der Waals surface area contributed by atoms with Crippen LogP contribution in [0.3, 0.4) is 0 Å². The molecule has 1 fully saturated rings. The van der Waals surface area contributed by atoms with Gasteiger partial charge in [0.15, 0.2) is 5.11 Å². The van der Waals surface area contributed by atoms with E-state index in [0.29, 0.717) is 5.11 Å². The molecule has 0 saturated carbocycles. The number of nitrogens with zero attached hydrogens (tertiary/aromatic N) is 1. The van der Waals surface area contributed by atoms with Gasteiger partial charge in [-0.3, -0.25) is 0 Å². The number of hydrazine groups is 1. The molecule has 0 aliphatic carbocycles. The fourth-order valence-corrected chi connectivity index (χ4v) is 2.02. The van der Waals surface area contributed by atoms with Crippen molar-refractivity contribution < 1.29 is 0 Å². The smallest absolute Gasteiger partial charge is 0.180 e. The monoisotopic (exact) mass is 230 g/mol. The third-order valence-corrected chi connectivity index (χ3v) is 3.03. The average Bonchev–Trinajstić information content (AvgIpc) is 2.52. The van der Waals surface area contributed by atoms with Gasteiger partial charge < -0.3 is 15.6 Å². The summed E-state index contributed by atoms with van der Waals surface area (Å²) < 4.78 is 0. The molecule has 1 rings (SSSR count). The summed E-state index contributed by atoms with van der Waals surface area (Å²) in [7, 11) is 0. The molecule has 0 amide bonds. The molecule has 0 bridgehead atoms. The zero-order valence-electron chi connectivity index (χ0n) is 9.30. The van der Waals surface area contributed by atoms with Crippen LogP contribution < -0.4 is 16.6 Å². The lowest BCUT2D eigenvalue weighted by Gasteiger charge is -2.19. The van der Waals surface area contributed by atoms with E-state index in [9.17, 15) is 0 Å². The van der Waals surface area contributed by atoms with Crippen LogP contribution >= 0.6 is 12.2 Å². The summed E-state index contributed by atoms with van der Waals surface area (Å²) in [5, 5.41) is 3.59. The number of nitrogens with one attached hydrogen (secondary N) is 2. The molecular weight excluding hydrogens is 208 g/mol. The van der Waals surface area contributed by atoms with Crippen molar-refractivity contribution in [1.29, 1.82) is 0 Å². The summed E-state index contributed by atoms with van der Waals surface area (Å²) in [5.74, 6) is 5.15. The van der Waals surface area contributed by atoms with Crippen LogP contribution in [0.15, 0.2) is 0 Å². The predicted molar refractivity (Wildman–Crippen MR) is 67.4 cm³/mol. The van der Waals surface area contributed by atoms with Gasteiger partial charge in [0.1, 0.15) is 0 Å². The van der Waals surface area contributed by atoms with Crippen LogP contribution in [0.2, 0.25) is 0 Å². The van der Waals surface area contributed by atoms with E-state index in [1.807, 2.05) is 0 Å². The van der Waals surface area contributed by atoms with Crippen molar-refractivity contribution in [2.45, 2.75) is 32.1 Å². The van der Waals surface area contributed by atoms with Crippen LogP contribution in [0.1, 0.15) is 32.1 Å². The lowest BCUT2D eigenvalue weighted by atomic mass is 10.2. The zero-order valence-corrected chi connectivity index (χ0v) is 10.1. The Bertz CT molecular complexity index is 178. The maximum Gasteiger partial charge on any atom is 0.180 e. The summed E-state index contributed by atoms with van der Waals surface area (Å²) in [5.41, 5.74) is 2.42. The highest BCUT2D eigenvalue weighted by atomic mass is 32.1. The van der Waals surface area contributed by atoms with E-state index in [2.05, 4.69) is 15.6 Å². The molecule has 1 heterocycles. The molecule has 0 spiro atoms. The van der Waals surface area contributed by atoms with Crippen LogP contribution in [0.25, 0.3) is 0 Å². The van der Waals surface area contributed by atoms with E-state index < -0.39 is 0 Å². The van der Waals surface area contributed by atoms with E-state index in [-0.39, 0.29) is 0 Å². The minimum absolute atomic E-state index is 0.533. The Morgan fingerprint density at radius 1 is 1.20 bits per heavy atom. The lowest BCUT2D eigenvalue weighted by molar-refractivity contribution is 0.282. The predicted octanol–water partition coefficient (Wildman–Crippen LogP) is 0.590. The third kappa shape index (κ3) is 5.92. The molecule has 0 aromatic rings. The van der Waals surface area contributed by atoms with Crippen molar-refractivity contribution in [2.75, 3.05) is 26.2 Å². The van der Waals surface area contributed by atoms with E-state index >= 15 is 0 Å². The molecule has 0 unspecified atom stereocenters. The van der Waals surface area contributed by atoms with Gasteiger partial charge in [0.25, 0.3) is 0 Å². The Balaban J connectivity index is 2.00. The molecule has 0 aromatic heterocycles. The van der Waals surface area contributed by atoms with Crippen LogP contribution in [-0.2, 0) is 0 Å². The van der Waals surface area contributed by atoms with Gasteiger partial charge in [-0.15, -0.1) is 0 Å². The maximum atomic E-state index is 5.15.